The molecule has 1 aromatic carbocycles. The minimum absolute atomic E-state index is 0.0648. The Morgan fingerprint density at radius 1 is 1.40 bits per heavy atom. The van der Waals surface area contributed by atoms with Gasteiger partial charge < -0.3 is 15.2 Å². The van der Waals surface area contributed by atoms with Crippen LogP contribution in [-0.2, 0) is 0 Å². The summed E-state index contributed by atoms with van der Waals surface area (Å²) in [6.45, 7) is 2.50. The number of pyridine rings is 1. The second-order valence-electron chi connectivity index (χ2n) is 5.78. The van der Waals surface area contributed by atoms with Crippen molar-refractivity contribution >= 4 is 10.9 Å². The molecule has 2 N–H and O–H groups in total. The van der Waals surface area contributed by atoms with E-state index >= 15 is 0 Å². The van der Waals surface area contributed by atoms with Gasteiger partial charge in [-0.25, -0.2) is 0 Å². The van der Waals surface area contributed by atoms with Gasteiger partial charge in [0.05, 0.1) is 17.7 Å². The van der Waals surface area contributed by atoms with E-state index in [2.05, 4.69) is 10.3 Å². The van der Waals surface area contributed by atoms with Gasteiger partial charge in [0.2, 0.25) is 0 Å². The van der Waals surface area contributed by atoms with Gasteiger partial charge in [-0.15, -0.1) is 0 Å². The summed E-state index contributed by atoms with van der Waals surface area (Å²) in [5.74, 6) is 0.786. The fourth-order valence-electron chi connectivity index (χ4n) is 2.23. The first kappa shape index (κ1) is 13.3. The smallest absolute Gasteiger partial charge is 0.121 e. The molecular formula is C16H20N2O2. The van der Waals surface area contributed by atoms with Crippen LogP contribution in [0.2, 0.25) is 0 Å². The average Bonchev–Trinajstić information content (AvgIpc) is 3.29. The van der Waals surface area contributed by atoms with Crippen LogP contribution in [0, 0.1) is 0 Å². The molecule has 2 aromatic rings. The van der Waals surface area contributed by atoms with Gasteiger partial charge in [0.15, 0.2) is 0 Å². The van der Waals surface area contributed by atoms with E-state index in [1.807, 2.05) is 37.3 Å². The van der Waals surface area contributed by atoms with Crippen LogP contribution in [0.15, 0.2) is 36.5 Å². The van der Waals surface area contributed by atoms with Crippen molar-refractivity contribution in [2.24, 2.45) is 0 Å². The normalized spacial score (nSPS) is 17.9. The summed E-state index contributed by atoms with van der Waals surface area (Å²) in [4.78, 5) is 4.32. The van der Waals surface area contributed by atoms with Crippen LogP contribution in [0.3, 0.4) is 0 Å². The Morgan fingerprint density at radius 3 is 3.00 bits per heavy atom. The van der Waals surface area contributed by atoms with Crippen LogP contribution in [0.4, 0.5) is 0 Å². The van der Waals surface area contributed by atoms with Crippen LogP contribution < -0.4 is 10.1 Å². The molecule has 0 aliphatic heterocycles. The van der Waals surface area contributed by atoms with Crippen LogP contribution in [0.25, 0.3) is 10.9 Å². The lowest BCUT2D eigenvalue weighted by molar-refractivity contribution is 0.114. The number of nitrogens with zero attached hydrogens (tertiary/aromatic N) is 1. The average molecular weight is 272 g/mol. The van der Waals surface area contributed by atoms with Gasteiger partial charge in [-0.2, -0.15) is 0 Å². The van der Waals surface area contributed by atoms with Crippen molar-refractivity contribution < 1.29 is 9.84 Å². The van der Waals surface area contributed by atoms with E-state index in [1.165, 1.54) is 12.8 Å². The summed E-state index contributed by atoms with van der Waals surface area (Å²) in [6, 6.07) is 10.4. The highest BCUT2D eigenvalue weighted by molar-refractivity contribution is 5.79. The van der Waals surface area contributed by atoms with Crippen molar-refractivity contribution in [2.75, 3.05) is 13.2 Å². The molecule has 3 rings (SSSR count). The van der Waals surface area contributed by atoms with Gasteiger partial charge >= 0.3 is 0 Å². The maximum Gasteiger partial charge on any atom is 0.121 e. The number of hydrogen-bond acceptors (Lipinski definition) is 4. The third kappa shape index (κ3) is 3.08. The van der Waals surface area contributed by atoms with Crippen molar-refractivity contribution in [3.8, 4) is 5.75 Å². The molecule has 1 unspecified atom stereocenters. The van der Waals surface area contributed by atoms with E-state index in [1.54, 1.807) is 6.20 Å². The highest BCUT2D eigenvalue weighted by atomic mass is 16.5. The lowest BCUT2D eigenvalue weighted by Crippen LogP contribution is -2.51. The first-order chi connectivity index (χ1) is 9.68. The number of hydrogen-bond donors (Lipinski definition) is 2. The van der Waals surface area contributed by atoms with Gasteiger partial charge in [0.1, 0.15) is 12.4 Å². The molecule has 4 heteroatoms. The van der Waals surface area contributed by atoms with Crippen molar-refractivity contribution in [1.29, 1.82) is 0 Å². The fraction of sp³-hybridized carbons (Fsp3) is 0.438. The summed E-state index contributed by atoms with van der Waals surface area (Å²) >= 11 is 0. The minimum Gasteiger partial charge on any atom is -0.492 e. The molecule has 1 saturated carbocycles. The Kier molecular flexibility index (Phi) is 3.59. The Morgan fingerprint density at radius 2 is 2.25 bits per heavy atom. The standard InChI is InChI=1S/C16H20N2O2/c1-16(10-19,18-13-5-6-13)11-20-14-7-4-12-3-2-8-17-15(12)9-14/h2-4,7-9,13,18-19H,5-6,10-11H2,1H3. The molecular weight excluding hydrogens is 252 g/mol. The molecule has 1 aliphatic rings. The van der Waals surface area contributed by atoms with E-state index in [0.29, 0.717) is 12.6 Å². The van der Waals surface area contributed by atoms with Gasteiger partial charge in [0, 0.05) is 23.7 Å². The molecule has 1 aromatic heterocycles. The molecule has 0 spiro atoms. The molecule has 1 heterocycles. The van der Waals surface area contributed by atoms with E-state index < -0.39 is 0 Å². The quantitative estimate of drug-likeness (QED) is 0.845. The molecule has 0 bridgehead atoms. The molecule has 4 nitrogen and oxygen atoms in total. The number of aliphatic hydroxyl groups excluding tert-OH is 1. The Labute approximate surface area is 118 Å². The van der Waals surface area contributed by atoms with Crippen molar-refractivity contribution in [3.63, 3.8) is 0 Å². The van der Waals surface area contributed by atoms with Crippen LogP contribution >= 0.6 is 0 Å². The van der Waals surface area contributed by atoms with E-state index in [4.69, 9.17) is 4.74 Å². The summed E-state index contributed by atoms with van der Waals surface area (Å²) in [5.41, 5.74) is 0.533. The lowest BCUT2D eigenvalue weighted by Gasteiger charge is -2.28. The SMILES string of the molecule is CC(CO)(COc1ccc2cccnc2c1)NC1CC1. The van der Waals surface area contributed by atoms with E-state index in [0.717, 1.165) is 16.7 Å². The van der Waals surface area contributed by atoms with Crippen molar-refractivity contribution in [3.05, 3.63) is 36.5 Å². The van der Waals surface area contributed by atoms with Crippen LogP contribution in [0.1, 0.15) is 19.8 Å². The zero-order valence-corrected chi connectivity index (χ0v) is 11.7. The summed E-state index contributed by atoms with van der Waals surface area (Å²) in [7, 11) is 0. The number of nitrogens with one attached hydrogen (secondary N) is 1. The van der Waals surface area contributed by atoms with Gasteiger partial charge in [0.25, 0.3) is 0 Å². The van der Waals surface area contributed by atoms with Gasteiger partial charge in [-0.3, -0.25) is 4.98 Å². The van der Waals surface area contributed by atoms with Crippen molar-refractivity contribution in [1.82, 2.24) is 10.3 Å². The first-order valence-corrected chi connectivity index (χ1v) is 7.05. The maximum atomic E-state index is 9.56. The molecule has 20 heavy (non-hydrogen) atoms. The molecule has 106 valence electrons. The summed E-state index contributed by atoms with van der Waals surface area (Å²) < 4.78 is 5.84. The highest BCUT2D eigenvalue weighted by Crippen LogP contribution is 2.24. The number of benzene rings is 1. The molecule has 1 aliphatic carbocycles. The van der Waals surface area contributed by atoms with Crippen LogP contribution in [-0.4, -0.2) is 34.9 Å². The zero-order chi connectivity index (χ0) is 14.0. The topological polar surface area (TPSA) is 54.4 Å². The molecule has 0 radical (unpaired) electrons. The van der Waals surface area contributed by atoms with Gasteiger partial charge in [-0.1, -0.05) is 6.07 Å². The number of ether oxygens (including phenoxy) is 1. The Bertz CT molecular complexity index is 598. The Balaban J connectivity index is 1.68. The zero-order valence-electron chi connectivity index (χ0n) is 11.7. The molecule has 0 saturated heterocycles. The second-order valence-corrected chi connectivity index (χ2v) is 5.78. The predicted molar refractivity (Wildman–Crippen MR) is 78.9 cm³/mol. The van der Waals surface area contributed by atoms with Crippen LogP contribution in [0.5, 0.6) is 5.75 Å². The maximum absolute atomic E-state index is 9.56. The van der Waals surface area contributed by atoms with E-state index in [9.17, 15) is 5.11 Å². The number of fused-ring (bicyclic) bond motifs is 1. The third-order valence-electron chi connectivity index (χ3n) is 3.61. The number of rotatable bonds is 6. The summed E-state index contributed by atoms with van der Waals surface area (Å²) in [5, 5.41) is 14.1. The molecule has 1 fully saturated rings. The second kappa shape index (κ2) is 5.38. The predicted octanol–water partition coefficient (Wildman–Crippen LogP) is 2.12. The largest absolute Gasteiger partial charge is 0.492 e. The fourth-order valence-corrected chi connectivity index (χ4v) is 2.23. The lowest BCUT2D eigenvalue weighted by atomic mass is 10.1. The van der Waals surface area contributed by atoms with Gasteiger partial charge in [-0.05, 0) is 38.0 Å². The van der Waals surface area contributed by atoms with Crippen molar-refractivity contribution in [2.45, 2.75) is 31.3 Å². The van der Waals surface area contributed by atoms with E-state index in [-0.39, 0.29) is 12.1 Å². The monoisotopic (exact) mass is 272 g/mol. The minimum atomic E-state index is -0.389. The Hall–Kier alpha value is -1.65. The highest BCUT2D eigenvalue weighted by Gasteiger charge is 2.32. The number of aliphatic hydroxyl groups is 1. The first-order valence-electron chi connectivity index (χ1n) is 7.05. The molecule has 0 amide bonds. The number of aromatic nitrogens is 1. The third-order valence-corrected chi connectivity index (χ3v) is 3.61. The molecule has 1 atom stereocenters. The summed E-state index contributed by atoms with van der Waals surface area (Å²) in [6.07, 6.45) is 4.16.